The average molecular weight is 500 g/mol. The van der Waals surface area contributed by atoms with E-state index in [9.17, 15) is 0 Å². The van der Waals surface area contributed by atoms with Crippen LogP contribution in [-0.4, -0.2) is 24.0 Å². The van der Waals surface area contributed by atoms with E-state index in [0.717, 1.165) is 23.4 Å². The molecule has 0 amide bonds. The fourth-order valence-corrected chi connectivity index (χ4v) is 5.80. The Labute approximate surface area is 217 Å². The van der Waals surface area contributed by atoms with Crippen LogP contribution in [0.2, 0.25) is 10.0 Å². The molecule has 0 spiro atoms. The van der Waals surface area contributed by atoms with E-state index < -0.39 is 0 Å². The number of hydrogen-bond acceptors (Lipinski definition) is 2. The first-order valence-corrected chi connectivity index (χ1v) is 13.3. The first kappa shape index (κ1) is 26.9. The van der Waals surface area contributed by atoms with Crippen molar-refractivity contribution in [2.45, 2.75) is 59.0 Å². The van der Waals surface area contributed by atoms with Gasteiger partial charge in [0.05, 0.1) is 0 Å². The van der Waals surface area contributed by atoms with Crippen LogP contribution in [0.25, 0.3) is 6.08 Å². The van der Waals surface area contributed by atoms with E-state index in [4.69, 9.17) is 23.2 Å². The van der Waals surface area contributed by atoms with Crippen LogP contribution in [-0.2, 0) is 6.54 Å². The van der Waals surface area contributed by atoms with Crippen LogP contribution in [0.5, 0.6) is 0 Å². The summed E-state index contributed by atoms with van der Waals surface area (Å²) < 4.78 is 0. The zero-order chi connectivity index (χ0) is 24.6. The maximum absolute atomic E-state index is 5.79. The Kier molecular flexibility index (Phi) is 10.1. The fraction of sp³-hybridized carbons (Fsp3) is 0.467. The minimum atomic E-state index is 0.567. The predicted octanol–water partition coefficient (Wildman–Crippen LogP) is 8.46. The number of halogens is 2. The van der Waals surface area contributed by atoms with Crippen LogP contribution in [0, 0.1) is 17.3 Å². The van der Waals surface area contributed by atoms with Gasteiger partial charge in [0.2, 0.25) is 0 Å². The highest BCUT2D eigenvalue weighted by molar-refractivity contribution is 6.34. The molecule has 4 rings (SSSR count). The molecule has 1 heterocycles. The Balaban J connectivity index is 0.000000229. The second-order valence-corrected chi connectivity index (χ2v) is 11.5. The zero-order valence-corrected chi connectivity index (χ0v) is 22.5. The van der Waals surface area contributed by atoms with E-state index in [1.807, 2.05) is 12.1 Å². The normalized spacial score (nSPS) is 24.4. The topological polar surface area (TPSA) is 15.3 Å². The summed E-state index contributed by atoms with van der Waals surface area (Å²) in [6.45, 7) is 14.1. The minimum absolute atomic E-state index is 0.567. The van der Waals surface area contributed by atoms with Gasteiger partial charge in [0.15, 0.2) is 0 Å². The number of benzene rings is 2. The van der Waals surface area contributed by atoms with Gasteiger partial charge < -0.3 is 10.2 Å². The van der Waals surface area contributed by atoms with Crippen molar-refractivity contribution in [3.8, 4) is 0 Å². The van der Waals surface area contributed by atoms with Crippen LogP contribution in [0.15, 0.2) is 67.4 Å². The van der Waals surface area contributed by atoms with Crippen molar-refractivity contribution >= 4 is 29.3 Å². The van der Waals surface area contributed by atoms with Crippen molar-refractivity contribution in [2.24, 2.45) is 17.3 Å². The van der Waals surface area contributed by atoms with E-state index in [1.165, 1.54) is 44.3 Å². The molecule has 184 valence electrons. The van der Waals surface area contributed by atoms with Gasteiger partial charge in [-0.1, -0.05) is 93.0 Å². The monoisotopic (exact) mass is 498 g/mol. The van der Waals surface area contributed by atoms with Crippen molar-refractivity contribution < 1.29 is 0 Å². The van der Waals surface area contributed by atoms with Crippen molar-refractivity contribution in [1.29, 1.82) is 0 Å². The van der Waals surface area contributed by atoms with Crippen LogP contribution in [0.1, 0.15) is 57.6 Å². The number of likely N-dealkylation sites (tertiary alicyclic amines) is 1. The minimum Gasteiger partial charge on any atom is -0.387 e. The largest absolute Gasteiger partial charge is 0.387 e. The van der Waals surface area contributed by atoms with E-state index in [-0.39, 0.29) is 0 Å². The highest BCUT2D eigenvalue weighted by Gasteiger charge is 2.36. The van der Waals surface area contributed by atoms with Crippen molar-refractivity contribution in [3.05, 3.63) is 88.6 Å². The maximum Gasteiger partial charge on any atom is 0.0424 e. The van der Waals surface area contributed by atoms with Crippen LogP contribution < -0.4 is 5.32 Å². The second kappa shape index (κ2) is 12.8. The zero-order valence-electron chi connectivity index (χ0n) is 20.9. The molecule has 2 aromatic rings. The molecule has 2 nitrogen and oxygen atoms in total. The Morgan fingerprint density at radius 2 is 1.79 bits per heavy atom. The summed E-state index contributed by atoms with van der Waals surface area (Å²) in [5, 5.41) is 4.28. The summed E-state index contributed by atoms with van der Waals surface area (Å²) in [7, 11) is 0. The van der Waals surface area contributed by atoms with E-state index in [2.05, 4.69) is 80.1 Å². The first-order valence-electron chi connectivity index (χ1n) is 12.5. The van der Waals surface area contributed by atoms with Gasteiger partial charge in [0.1, 0.15) is 0 Å². The Bertz CT molecular complexity index is 918. The summed E-state index contributed by atoms with van der Waals surface area (Å²) in [6, 6.07) is 17.0. The van der Waals surface area contributed by atoms with Crippen LogP contribution >= 0.6 is 23.2 Å². The lowest BCUT2D eigenvalue weighted by Gasteiger charge is -2.39. The third kappa shape index (κ3) is 8.48. The molecule has 2 aromatic carbocycles. The van der Waals surface area contributed by atoms with Gasteiger partial charge >= 0.3 is 0 Å². The molecule has 2 fully saturated rings. The molecule has 2 aliphatic rings. The smallest absolute Gasteiger partial charge is 0.0424 e. The van der Waals surface area contributed by atoms with Gasteiger partial charge in [-0.05, 0) is 85.0 Å². The predicted molar refractivity (Wildman–Crippen MR) is 149 cm³/mol. The molecule has 0 aromatic heterocycles. The number of hydrogen-bond donors (Lipinski definition) is 1. The molecule has 1 aliphatic heterocycles. The molecule has 1 aliphatic carbocycles. The molecular weight excluding hydrogens is 459 g/mol. The molecular formula is C30H40Cl2N2. The van der Waals surface area contributed by atoms with E-state index in [0.29, 0.717) is 22.0 Å². The molecule has 1 saturated heterocycles. The van der Waals surface area contributed by atoms with E-state index in [1.54, 1.807) is 12.3 Å². The highest BCUT2D eigenvalue weighted by Crippen LogP contribution is 2.41. The summed E-state index contributed by atoms with van der Waals surface area (Å²) in [6.07, 6.45) is 11.9. The maximum atomic E-state index is 5.79. The van der Waals surface area contributed by atoms with Crippen LogP contribution in [0.4, 0.5) is 0 Å². The van der Waals surface area contributed by atoms with Gasteiger partial charge in [-0.2, -0.15) is 0 Å². The summed E-state index contributed by atoms with van der Waals surface area (Å²) in [4.78, 5) is 2.78. The molecule has 4 heteroatoms. The number of allylic oxidation sites excluding steroid dienone is 1. The van der Waals surface area contributed by atoms with Crippen molar-refractivity contribution in [1.82, 2.24) is 10.2 Å². The third-order valence-electron chi connectivity index (χ3n) is 7.17. The summed E-state index contributed by atoms with van der Waals surface area (Å²) in [5.74, 6) is 1.52. The standard InChI is InChI=1S/C21H31N.C9H9Cl2N/c1-17-16-22(20-11-13-21(2,3)15-20)14-12-19(17)10-9-18-7-5-4-6-8-18;1-2-12-6-7-3-8(10)5-9(11)4-7/h4-10,17,19-20H,11-16H2,1-3H3;2-5,12H,1,6H2/b10-9-;/t17-,19+,20?;/m0./s1. The second-order valence-electron chi connectivity index (χ2n) is 10.6. The molecule has 3 atom stereocenters. The van der Waals surface area contributed by atoms with Gasteiger partial charge in [-0.3, -0.25) is 0 Å². The average Bonchev–Trinajstić information content (AvgIpc) is 3.17. The fourth-order valence-electron chi connectivity index (χ4n) is 5.23. The lowest BCUT2D eigenvalue weighted by atomic mass is 9.85. The lowest BCUT2D eigenvalue weighted by molar-refractivity contribution is 0.102. The summed E-state index contributed by atoms with van der Waals surface area (Å²) in [5.41, 5.74) is 2.94. The van der Waals surface area contributed by atoms with Gasteiger partial charge in [0, 0.05) is 29.2 Å². The molecule has 34 heavy (non-hydrogen) atoms. The Morgan fingerprint density at radius 1 is 1.09 bits per heavy atom. The quantitative estimate of drug-likeness (QED) is 0.429. The molecule has 0 bridgehead atoms. The Hall–Kier alpha value is -1.74. The van der Waals surface area contributed by atoms with Gasteiger partial charge in [-0.15, -0.1) is 0 Å². The van der Waals surface area contributed by atoms with E-state index >= 15 is 0 Å². The molecule has 1 saturated carbocycles. The Morgan fingerprint density at radius 3 is 2.38 bits per heavy atom. The van der Waals surface area contributed by atoms with Crippen LogP contribution in [0.3, 0.4) is 0 Å². The summed E-state index contributed by atoms with van der Waals surface area (Å²) >= 11 is 11.6. The molecule has 0 radical (unpaired) electrons. The SMILES string of the molecule is C=CNCc1cc(Cl)cc(Cl)c1.C[C@H]1CN(C2CCC(C)(C)C2)CC[C@H]1/C=C\c1ccccc1. The molecule has 1 unspecified atom stereocenters. The number of nitrogens with zero attached hydrogens (tertiary/aromatic N) is 1. The first-order chi connectivity index (χ1) is 16.3. The van der Waals surface area contributed by atoms with Gasteiger partial charge in [-0.25, -0.2) is 0 Å². The number of rotatable bonds is 6. The number of piperidine rings is 1. The van der Waals surface area contributed by atoms with Gasteiger partial charge in [0.25, 0.3) is 0 Å². The highest BCUT2D eigenvalue weighted by atomic mass is 35.5. The molecule has 1 N–H and O–H groups in total. The lowest BCUT2D eigenvalue weighted by Crippen LogP contribution is -2.44. The third-order valence-corrected chi connectivity index (χ3v) is 7.61. The van der Waals surface area contributed by atoms with Crippen molar-refractivity contribution in [2.75, 3.05) is 13.1 Å². The number of nitrogens with one attached hydrogen (secondary N) is 1. The van der Waals surface area contributed by atoms with Crippen molar-refractivity contribution in [3.63, 3.8) is 0 Å².